The lowest BCUT2D eigenvalue weighted by Crippen LogP contribution is -2.11. The molecular weight excluding hydrogens is 278 g/mol. The minimum atomic E-state index is -2.63. The fraction of sp³-hybridized carbons (Fsp3) is 0.333. The van der Waals surface area contributed by atoms with E-state index in [-0.39, 0.29) is 5.38 Å². The number of rotatable bonds is 3. The van der Waals surface area contributed by atoms with Crippen LogP contribution in [0.15, 0.2) is 24.3 Å². The summed E-state index contributed by atoms with van der Waals surface area (Å²) in [4.78, 5) is 0. The van der Waals surface area contributed by atoms with Crippen LogP contribution in [0, 0.1) is 6.92 Å². The van der Waals surface area contributed by atoms with Gasteiger partial charge >= 0.3 is 6.00 Å². The van der Waals surface area contributed by atoms with Crippen molar-refractivity contribution in [3.8, 4) is 0 Å². The van der Waals surface area contributed by atoms with Crippen LogP contribution >= 0.6 is 44.8 Å². The van der Waals surface area contributed by atoms with Gasteiger partial charge in [0.2, 0.25) is 0 Å². The van der Waals surface area contributed by atoms with Gasteiger partial charge in [0, 0.05) is 6.04 Å². The molecule has 0 fully saturated rings. The average molecular weight is 288 g/mol. The molecule has 0 aliphatic rings. The Morgan fingerprint density at radius 3 is 2.07 bits per heavy atom. The van der Waals surface area contributed by atoms with Crippen LogP contribution in [0.3, 0.4) is 0 Å². The summed E-state index contributed by atoms with van der Waals surface area (Å²) in [6.45, 7) is 2.02. The third-order valence-corrected chi connectivity index (χ3v) is 4.77. The van der Waals surface area contributed by atoms with Crippen LogP contribution in [-0.2, 0) is 0 Å². The first-order chi connectivity index (χ1) is 6.38. The van der Waals surface area contributed by atoms with Crippen LogP contribution in [0.4, 0.5) is 0 Å². The highest BCUT2D eigenvalue weighted by Gasteiger charge is 2.29. The molecule has 5 heteroatoms. The Kier molecular flexibility index (Phi) is 4.60. The Hall–Kier alpha value is 0.597. The normalized spacial score (nSPS) is 14.1. The minimum absolute atomic E-state index is 0.199. The lowest BCUT2D eigenvalue weighted by molar-refractivity contribution is 1.07. The number of alkyl halides is 1. The SMILES string of the molecule is Cc1ccc(C(Cl)C[Si](Cl)(Cl)Cl)cc1. The third kappa shape index (κ3) is 4.41. The van der Waals surface area contributed by atoms with E-state index in [1.54, 1.807) is 0 Å². The topological polar surface area (TPSA) is 0 Å². The molecule has 1 rings (SSSR count). The summed E-state index contributed by atoms with van der Waals surface area (Å²) in [5, 5.41) is -0.199. The van der Waals surface area contributed by atoms with Gasteiger partial charge in [0.05, 0.1) is 5.38 Å². The van der Waals surface area contributed by atoms with E-state index >= 15 is 0 Å². The van der Waals surface area contributed by atoms with Gasteiger partial charge < -0.3 is 0 Å². The first-order valence-electron chi connectivity index (χ1n) is 4.16. The molecule has 0 aromatic heterocycles. The zero-order valence-electron chi connectivity index (χ0n) is 7.61. The third-order valence-electron chi connectivity index (χ3n) is 1.85. The number of benzene rings is 1. The molecule has 0 radical (unpaired) electrons. The molecular formula is C9H10Cl4Si. The highest BCUT2D eigenvalue weighted by Crippen LogP contribution is 2.36. The molecule has 0 amide bonds. The minimum Gasteiger partial charge on any atom is -0.126 e. The Balaban J connectivity index is 2.70. The second-order valence-electron chi connectivity index (χ2n) is 3.20. The van der Waals surface area contributed by atoms with E-state index in [4.69, 9.17) is 44.8 Å². The molecule has 0 spiro atoms. The maximum Gasteiger partial charge on any atom is 0.343 e. The highest BCUT2D eigenvalue weighted by atomic mass is 35.8. The largest absolute Gasteiger partial charge is 0.343 e. The summed E-state index contributed by atoms with van der Waals surface area (Å²) < 4.78 is 0. The molecule has 0 N–H and O–H groups in total. The average Bonchev–Trinajstić information content (AvgIpc) is 2.02. The van der Waals surface area contributed by atoms with E-state index < -0.39 is 6.00 Å². The second-order valence-corrected chi connectivity index (χ2v) is 12.9. The summed E-state index contributed by atoms with van der Waals surface area (Å²) in [6.07, 6.45) is 0. The van der Waals surface area contributed by atoms with Crippen molar-refractivity contribution in [1.29, 1.82) is 0 Å². The predicted octanol–water partition coefficient (Wildman–Crippen LogP) is 4.93. The molecule has 0 saturated carbocycles. The zero-order chi connectivity index (χ0) is 10.8. The van der Waals surface area contributed by atoms with Gasteiger partial charge in [0.1, 0.15) is 0 Å². The Morgan fingerprint density at radius 1 is 1.14 bits per heavy atom. The fourth-order valence-electron chi connectivity index (χ4n) is 1.10. The zero-order valence-corrected chi connectivity index (χ0v) is 11.6. The van der Waals surface area contributed by atoms with Crippen LogP contribution in [-0.4, -0.2) is 6.00 Å². The lowest BCUT2D eigenvalue weighted by Gasteiger charge is -2.13. The van der Waals surface area contributed by atoms with Crippen molar-refractivity contribution < 1.29 is 0 Å². The first-order valence-corrected chi connectivity index (χ1v) is 9.84. The van der Waals surface area contributed by atoms with Crippen molar-refractivity contribution in [3.05, 3.63) is 35.4 Å². The van der Waals surface area contributed by atoms with Gasteiger partial charge in [-0.3, -0.25) is 0 Å². The van der Waals surface area contributed by atoms with Crippen LogP contribution in [0.1, 0.15) is 16.5 Å². The van der Waals surface area contributed by atoms with E-state index in [0.29, 0.717) is 6.04 Å². The maximum atomic E-state index is 6.12. The molecule has 0 aliphatic carbocycles. The van der Waals surface area contributed by atoms with E-state index in [1.165, 1.54) is 5.56 Å². The van der Waals surface area contributed by atoms with Crippen molar-refractivity contribution in [2.24, 2.45) is 0 Å². The van der Waals surface area contributed by atoms with Crippen molar-refractivity contribution >= 4 is 50.8 Å². The summed E-state index contributed by atoms with van der Waals surface area (Å²) in [6, 6.07) is 5.76. The molecule has 0 heterocycles. The van der Waals surface area contributed by atoms with Crippen LogP contribution in [0.25, 0.3) is 0 Å². The van der Waals surface area contributed by atoms with Crippen molar-refractivity contribution in [1.82, 2.24) is 0 Å². The van der Waals surface area contributed by atoms with Gasteiger partial charge in [-0.1, -0.05) is 29.8 Å². The number of aryl methyl sites for hydroxylation is 1. The van der Waals surface area contributed by atoms with Crippen LogP contribution in [0.5, 0.6) is 0 Å². The molecule has 0 aliphatic heterocycles. The summed E-state index contributed by atoms with van der Waals surface area (Å²) in [5.74, 6) is 0. The molecule has 0 saturated heterocycles. The number of hydrogen-bond donors (Lipinski definition) is 0. The quantitative estimate of drug-likeness (QED) is 0.420. The smallest absolute Gasteiger partial charge is 0.126 e. The number of halogens is 4. The van der Waals surface area contributed by atoms with E-state index in [9.17, 15) is 0 Å². The molecule has 1 atom stereocenters. The van der Waals surface area contributed by atoms with E-state index in [1.807, 2.05) is 31.2 Å². The summed E-state index contributed by atoms with van der Waals surface area (Å²) in [7, 11) is 0. The maximum absolute atomic E-state index is 6.12. The Morgan fingerprint density at radius 2 is 1.64 bits per heavy atom. The standard InChI is InChI=1S/C9H10Cl4Si/c1-7-2-4-8(5-3-7)9(10)6-14(11,12)13/h2-5,9H,6H2,1H3. The van der Waals surface area contributed by atoms with Crippen LogP contribution < -0.4 is 0 Å². The molecule has 0 bridgehead atoms. The monoisotopic (exact) mass is 286 g/mol. The molecule has 1 aromatic carbocycles. The Labute approximate surface area is 104 Å². The molecule has 78 valence electrons. The molecule has 14 heavy (non-hydrogen) atoms. The molecule has 1 aromatic rings. The first kappa shape index (κ1) is 12.7. The van der Waals surface area contributed by atoms with Gasteiger partial charge in [0.25, 0.3) is 0 Å². The van der Waals surface area contributed by atoms with Crippen molar-refractivity contribution in [3.63, 3.8) is 0 Å². The Bertz CT molecular complexity index is 291. The lowest BCUT2D eigenvalue weighted by atomic mass is 10.1. The second kappa shape index (κ2) is 5.09. The summed E-state index contributed by atoms with van der Waals surface area (Å²) >= 11 is 23.5. The van der Waals surface area contributed by atoms with Crippen molar-refractivity contribution in [2.75, 3.05) is 0 Å². The highest BCUT2D eigenvalue weighted by molar-refractivity contribution is 7.64. The van der Waals surface area contributed by atoms with Gasteiger partial charge in [-0.05, 0) is 12.5 Å². The summed E-state index contributed by atoms with van der Waals surface area (Å²) in [5.41, 5.74) is 2.21. The van der Waals surface area contributed by atoms with Gasteiger partial charge in [-0.15, -0.1) is 44.8 Å². The number of hydrogen-bond acceptors (Lipinski definition) is 0. The van der Waals surface area contributed by atoms with E-state index in [0.717, 1.165) is 5.56 Å². The molecule has 1 unspecified atom stereocenters. The fourth-order valence-corrected chi connectivity index (χ4v) is 4.68. The van der Waals surface area contributed by atoms with Gasteiger partial charge in [-0.25, -0.2) is 0 Å². The predicted molar refractivity (Wildman–Crippen MR) is 67.9 cm³/mol. The molecule has 0 nitrogen and oxygen atoms in total. The van der Waals surface area contributed by atoms with Gasteiger partial charge in [0.15, 0.2) is 0 Å². The van der Waals surface area contributed by atoms with Crippen molar-refractivity contribution in [2.45, 2.75) is 18.3 Å². The van der Waals surface area contributed by atoms with Crippen LogP contribution in [0.2, 0.25) is 6.04 Å². The van der Waals surface area contributed by atoms with E-state index in [2.05, 4.69) is 0 Å². The van der Waals surface area contributed by atoms with Gasteiger partial charge in [-0.2, -0.15) is 0 Å².